The van der Waals surface area contributed by atoms with E-state index >= 15 is 0 Å². The van der Waals surface area contributed by atoms with Gasteiger partial charge in [-0.25, -0.2) is 8.78 Å². The zero-order chi connectivity index (χ0) is 12.4. The SMILES string of the molecule is CNC1CCCC(c2c(F)ccc(C)c2F)C1. The van der Waals surface area contributed by atoms with Gasteiger partial charge in [0, 0.05) is 11.6 Å². The standard InChI is InChI=1S/C14H19F2N/c1-9-6-7-12(15)13(14(9)16)10-4-3-5-11(8-10)17-2/h6-7,10-11,17H,3-5,8H2,1-2H3. The van der Waals surface area contributed by atoms with Crippen molar-refractivity contribution in [3.63, 3.8) is 0 Å². The Morgan fingerprint density at radius 1 is 1.24 bits per heavy atom. The third-order valence-electron chi connectivity index (χ3n) is 3.81. The molecular formula is C14H19F2N. The smallest absolute Gasteiger partial charge is 0.132 e. The fourth-order valence-electron chi connectivity index (χ4n) is 2.77. The van der Waals surface area contributed by atoms with Crippen molar-refractivity contribution < 1.29 is 8.78 Å². The van der Waals surface area contributed by atoms with Crippen molar-refractivity contribution in [2.24, 2.45) is 0 Å². The molecule has 17 heavy (non-hydrogen) atoms. The molecule has 1 N–H and O–H groups in total. The van der Waals surface area contributed by atoms with Crippen molar-refractivity contribution >= 4 is 0 Å². The van der Waals surface area contributed by atoms with Crippen LogP contribution in [0, 0.1) is 18.6 Å². The van der Waals surface area contributed by atoms with E-state index in [-0.39, 0.29) is 11.7 Å². The quantitative estimate of drug-likeness (QED) is 0.832. The van der Waals surface area contributed by atoms with E-state index in [1.54, 1.807) is 6.92 Å². The lowest BCUT2D eigenvalue weighted by atomic mass is 9.80. The minimum Gasteiger partial charge on any atom is -0.317 e. The molecule has 1 aliphatic carbocycles. The number of aryl methyl sites for hydroxylation is 1. The van der Waals surface area contributed by atoms with Crippen LogP contribution in [0.15, 0.2) is 12.1 Å². The summed E-state index contributed by atoms with van der Waals surface area (Å²) >= 11 is 0. The molecule has 2 unspecified atom stereocenters. The summed E-state index contributed by atoms with van der Waals surface area (Å²) in [7, 11) is 1.91. The van der Waals surface area contributed by atoms with E-state index < -0.39 is 5.82 Å². The van der Waals surface area contributed by atoms with Gasteiger partial charge in [0.15, 0.2) is 0 Å². The molecule has 2 rings (SSSR count). The molecule has 2 atom stereocenters. The highest BCUT2D eigenvalue weighted by atomic mass is 19.1. The van der Waals surface area contributed by atoms with Crippen LogP contribution in [0.1, 0.15) is 42.7 Å². The highest BCUT2D eigenvalue weighted by Gasteiger charge is 2.27. The van der Waals surface area contributed by atoms with Gasteiger partial charge in [0.25, 0.3) is 0 Å². The Morgan fingerprint density at radius 2 is 2.00 bits per heavy atom. The molecule has 0 radical (unpaired) electrons. The molecule has 0 amide bonds. The molecule has 1 nitrogen and oxygen atoms in total. The van der Waals surface area contributed by atoms with Gasteiger partial charge in [0.05, 0.1) is 0 Å². The maximum Gasteiger partial charge on any atom is 0.132 e. The van der Waals surface area contributed by atoms with Crippen LogP contribution < -0.4 is 5.32 Å². The van der Waals surface area contributed by atoms with E-state index in [0.717, 1.165) is 25.7 Å². The number of hydrogen-bond acceptors (Lipinski definition) is 1. The Bertz CT molecular complexity index is 403. The van der Waals surface area contributed by atoms with Crippen molar-refractivity contribution in [3.05, 3.63) is 34.9 Å². The van der Waals surface area contributed by atoms with E-state index in [2.05, 4.69) is 5.32 Å². The molecule has 3 heteroatoms. The highest BCUT2D eigenvalue weighted by Crippen LogP contribution is 2.36. The average molecular weight is 239 g/mol. The van der Waals surface area contributed by atoms with Crippen molar-refractivity contribution in [1.82, 2.24) is 5.32 Å². The van der Waals surface area contributed by atoms with Gasteiger partial charge in [0.2, 0.25) is 0 Å². The average Bonchev–Trinajstić information content (AvgIpc) is 2.35. The third-order valence-corrected chi connectivity index (χ3v) is 3.81. The molecule has 0 heterocycles. The second-order valence-electron chi connectivity index (χ2n) is 4.94. The minimum absolute atomic E-state index is 0.0149. The van der Waals surface area contributed by atoms with Crippen molar-refractivity contribution in [1.29, 1.82) is 0 Å². The Hall–Kier alpha value is -0.960. The fraction of sp³-hybridized carbons (Fsp3) is 0.571. The summed E-state index contributed by atoms with van der Waals surface area (Å²) in [5.74, 6) is -0.734. The summed E-state index contributed by atoms with van der Waals surface area (Å²) in [5.41, 5.74) is 0.831. The minimum atomic E-state index is -0.394. The van der Waals surface area contributed by atoms with Crippen LogP contribution in [0.3, 0.4) is 0 Å². The molecule has 0 aromatic heterocycles. The van der Waals surface area contributed by atoms with E-state index in [9.17, 15) is 8.78 Å². The van der Waals surface area contributed by atoms with Gasteiger partial charge >= 0.3 is 0 Å². The molecular weight excluding hydrogens is 220 g/mol. The van der Waals surface area contributed by atoms with E-state index in [4.69, 9.17) is 0 Å². The Labute approximate surface area is 101 Å². The predicted octanol–water partition coefficient (Wildman–Crippen LogP) is 3.52. The van der Waals surface area contributed by atoms with Crippen LogP contribution in [-0.4, -0.2) is 13.1 Å². The first-order valence-electron chi connectivity index (χ1n) is 6.25. The van der Waals surface area contributed by atoms with E-state index in [0.29, 0.717) is 17.2 Å². The summed E-state index contributed by atoms with van der Waals surface area (Å²) < 4.78 is 27.8. The maximum absolute atomic E-state index is 14.0. The topological polar surface area (TPSA) is 12.0 Å². The molecule has 1 aliphatic rings. The van der Waals surface area contributed by atoms with E-state index in [1.165, 1.54) is 12.1 Å². The first kappa shape index (κ1) is 12.5. The Kier molecular flexibility index (Phi) is 3.77. The van der Waals surface area contributed by atoms with Gasteiger partial charge in [-0.2, -0.15) is 0 Å². The van der Waals surface area contributed by atoms with E-state index in [1.807, 2.05) is 7.05 Å². The molecule has 0 aliphatic heterocycles. The summed E-state index contributed by atoms with van der Waals surface area (Å²) in [6, 6.07) is 3.27. The maximum atomic E-state index is 14.0. The predicted molar refractivity (Wildman–Crippen MR) is 65.2 cm³/mol. The number of benzene rings is 1. The van der Waals surface area contributed by atoms with Gasteiger partial charge in [-0.05, 0) is 50.8 Å². The van der Waals surface area contributed by atoms with Crippen LogP contribution in [0.5, 0.6) is 0 Å². The lowest BCUT2D eigenvalue weighted by Gasteiger charge is -2.29. The highest BCUT2D eigenvalue weighted by molar-refractivity contribution is 5.30. The monoisotopic (exact) mass is 239 g/mol. The van der Waals surface area contributed by atoms with Gasteiger partial charge < -0.3 is 5.32 Å². The van der Waals surface area contributed by atoms with Crippen LogP contribution in [-0.2, 0) is 0 Å². The normalized spacial score (nSPS) is 24.9. The molecule has 94 valence electrons. The first-order chi connectivity index (χ1) is 8.13. The third kappa shape index (κ3) is 2.49. The fourth-order valence-corrected chi connectivity index (χ4v) is 2.77. The van der Waals surface area contributed by atoms with Crippen molar-refractivity contribution in [2.75, 3.05) is 7.05 Å². The Morgan fingerprint density at radius 3 is 2.71 bits per heavy atom. The zero-order valence-corrected chi connectivity index (χ0v) is 10.4. The lowest BCUT2D eigenvalue weighted by Crippen LogP contribution is -2.31. The molecule has 1 aromatic rings. The Balaban J connectivity index is 2.30. The van der Waals surface area contributed by atoms with Crippen molar-refractivity contribution in [3.8, 4) is 0 Å². The zero-order valence-electron chi connectivity index (χ0n) is 10.4. The summed E-state index contributed by atoms with van der Waals surface area (Å²) in [5, 5.41) is 3.21. The van der Waals surface area contributed by atoms with Gasteiger partial charge in [0.1, 0.15) is 11.6 Å². The van der Waals surface area contributed by atoms with Gasteiger partial charge in [-0.15, -0.1) is 0 Å². The van der Waals surface area contributed by atoms with Gasteiger partial charge in [-0.3, -0.25) is 0 Å². The number of halogens is 2. The lowest BCUT2D eigenvalue weighted by molar-refractivity contribution is 0.341. The molecule has 1 saturated carbocycles. The second-order valence-corrected chi connectivity index (χ2v) is 4.94. The largest absolute Gasteiger partial charge is 0.317 e. The summed E-state index contributed by atoms with van der Waals surface area (Å²) in [6.07, 6.45) is 3.84. The van der Waals surface area contributed by atoms with Crippen LogP contribution in [0.2, 0.25) is 0 Å². The molecule has 0 bridgehead atoms. The van der Waals surface area contributed by atoms with Crippen LogP contribution in [0.25, 0.3) is 0 Å². The summed E-state index contributed by atoms with van der Waals surface area (Å²) in [4.78, 5) is 0. The number of rotatable bonds is 2. The number of hydrogen-bond donors (Lipinski definition) is 1. The van der Waals surface area contributed by atoms with Gasteiger partial charge in [-0.1, -0.05) is 12.5 Å². The van der Waals surface area contributed by atoms with Crippen LogP contribution in [0.4, 0.5) is 8.78 Å². The molecule has 0 spiro atoms. The molecule has 1 aromatic carbocycles. The number of nitrogens with one attached hydrogen (secondary N) is 1. The van der Waals surface area contributed by atoms with Crippen molar-refractivity contribution in [2.45, 2.75) is 44.6 Å². The second kappa shape index (κ2) is 5.13. The van der Waals surface area contributed by atoms with Crippen LogP contribution >= 0.6 is 0 Å². The molecule has 0 saturated heterocycles. The first-order valence-corrected chi connectivity index (χ1v) is 6.25. The molecule has 1 fully saturated rings. The summed E-state index contributed by atoms with van der Waals surface area (Å²) in [6.45, 7) is 1.69.